The third-order valence-corrected chi connectivity index (χ3v) is 7.24. The van der Waals surface area contributed by atoms with E-state index in [1.165, 1.54) is 22.5 Å². The predicted octanol–water partition coefficient (Wildman–Crippen LogP) is 5.24. The monoisotopic (exact) mass is 298 g/mol. The van der Waals surface area contributed by atoms with Crippen LogP contribution in [-0.4, -0.2) is 16.9 Å². The van der Waals surface area contributed by atoms with E-state index in [0.29, 0.717) is 10.5 Å². The summed E-state index contributed by atoms with van der Waals surface area (Å²) in [5, 5.41) is 2.48. The van der Waals surface area contributed by atoms with E-state index in [1.807, 2.05) is 11.8 Å². The van der Waals surface area contributed by atoms with Crippen molar-refractivity contribution in [2.45, 2.75) is 6.92 Å². The summed E-state index contributed by atoms with van der Waals surface area (Å²) in [6, 6.07) is 21.6. The smallest absolute Gasteiger partial charge is 0.0432 e. The van der Waals surface area contributed by atoms with Crippen LogP contribution in [0.15, 0.2) is 64.9 Å². The minimum Gasteiger partial charge on any atom is -0.151 e. The SMILES string of the molecule is CCS1=CCSC1=C(c1ccccc1)c1ccccc1. The van der Waals surface area contributed by atoms with E-state index in [4.69, 9.17) is 0 Å². The fraction of sp³-hybridized carbons (Fsp3) is 0.167. The third-order valence-electron chi connectivity index (χ3n) is 3.36. The van der Waals surface area contributed by atoms with Crippen LogP contribution >= 0.6 is 22.2 Å². The van der Waals surface area contributed by atoms with E-state index in [9.17, 15) is 0 Å². The molecule has 2 heteroatoms. The fourth-order valence-corrected chi connectivity index (χ4v) is 6.38. The van der Waals surface area contributed by atoms with Crippen molar-refractivity contribution in [2.24, 2.45) is 0 Å². The maximum atomic E-state index is 2.48. The number of benzene rings is 2. The highest BCUT2D eigenvalue weighted by molar-refractivity contribution is 8.34. The van der Waals surface area contributed by atoms with E-state index in [-0.39, 0.29) is 0 Å². The van der Waals surface area contributed by atoms with Crippen molar-refractivity contribution in [3.05, 3.63) is 76.0 Å². The summed E-state index contributed by atoms with van der Waals surface area (Å²) in [6.45, 7) is 2.29. The maximum absolute atomic E-state index is 2.48. The first-order valence-electron chi connectivity index (χ1n) is 6.91. The van der Waals surface area contributed by atoms with Crippen LogP contribution in [0.5, 0.6) is 0 Å². The third kappa shape index (κ3) is 2.77. The summed E-state index contributed by atoms with van der Waals surface area (Å²) in [5.41, 5.74) is 4.10. The van der Waals surface area contributed by atoms with Gasteiger partial charge in [0.25, 0.3) is 0 Å². The van der Waals surface area contributed by atoms with Gasteiger partial charge in [-0.25, -0.2) is 0 Å². The summed E-state index contributed by atoms with van der Waals surface area (Å²) in [5.74, 6) is 2.36. The van der Waals surface area contributed by atoms with Gasteiger partial charge in [-0.1, -0.05) is 67.6 Å². The highest BCUT2D eigenvalue weighted by atomic mass is 32.2. The Bertz CT molecular complexity index is 598. The minimum absolute atomic E-state index is 0.314. The molecule has 1 aliphatic heterocycles. The largest absolute Gasteiger partial charge is 0.151 e. The van der Waals surface area contributed by atoms with Crippen molar-refractivity contribution in [1.29, 1.82) is 0 Å². The molecule has 0 nitrogen and oxygen atoms in total. The molecule has 0 aromatic heterocycles. The number of thioether (sulfide) groups is 1. The Hall–Kier alpha value is -1.25. The molecule has 102 valence electrons. The van der Waals surface area contributed by atoms with Gasteiger partial charge in [-0.05, 0) is 22.2 Å². The van der Waals surface area contributed by atoms with Crippen LogP contribution in [0.3, 0.4) is 0 Å². The van der Waals surface area contributed by atoms with Gasteiger partial charge in [0.15, 0.2) is 0 Å². The van der Waals surface area contributed by atoms with E-state index in [0.717, 1.165) is 5.75 Å². The van der Waals surface area contributed by atoms with Crippen LogP contribution < -0.4 is 0 Å². The molecule has 0 saturated carbocycles. The summed E-state index contributed by atoms with van der Waals surface area (Å²) < 4.78 is 1.56. The van der Waals surface area contributed by atoms with Crippen LogP contribution in [0.4, 0.5) is 0 Å². The molecule has 20 heavy (non-hydrogen) atoms. The lowest BCUT2D eigenvalue weighted by Gasteiger charge is -2.14. The van der Waals surface area contributed by atoms with Gasteiger partial charge in [-0.15, -0.1) is 11.8 Å². The van der Waals surface area contributed by atoms with Gasteiger partial charge in [-0.2, -0.15) is 10.5 Å². The molecule has 0 amide bonds. The van der Waals surface area contributed by atoms with Crippen molar-refractivity contribution in [3.8, 4) is 0 Å². The molecule has 1 heterocycles. The van der Waals surface area contributed by atoms with Crippen molar-refractivity contribution in [1.82, 2.24) is 0 Å². The lowest BCUT2D eigenvalue weighted by atomic mass is 10.00. The zero-order valence-electron chi connectivity index (χ0n) is 11.6. The predicted molar refractivity (Wildman–Crippen MR) is 95.6 cm³/mol. The van der Waals surface area contributed by atoms with Gasteiger partial charge < -0.3 is 0 Å². The Morgan fingerprint density at radius 2 is 1.50 bits per heavy atom. The zero-order chi connectivity index (χ0) is 13.8. The fourth-order valence-electron chi connectivity index (χ4n) is 2.41. The first-order valence-corrected chi connectivity index (χ1v) is 9.35. The van der Waals surface area contributed by atoms with Crippen LogP contribution in [0.1, 0.15) is 18.1 Å². The van der Waals surface area contributed by atoms with Gasteiger partial charge in [0.2, 0.25) is 0 Å². The van der Waals surface area contributed by atoms with E-state index in [1.54, 1.807) is 4.24 Å². The second kappa shape index (κ2) is 6.47. The van der Waals surface area contributed by atoms with Gasteiger partial charge in [-0.3, -0.25) is 0 Å². The Morgan fingerprint density at radius 3 is 2.00 bits per heavy atom. The average molecular weight is 298 g/mol. The molecule has 0 aliphatic carbocycles. The summed E-state index contributed by atoms with van der Waals surface area (Å²) >= 11 is 2.01. The van der Waals surface area contributed by atoms with E-state index >= 15 is 0 Å². The molecular formula is C18H18S2. The summed E-state index contributed by atoms with van der Waals surface area (Å²) in [7, 11) is 0.314. The number of rotatable bonds is 3. The molecule has 0 bridgehead atoms. The molecule has 0 N–H and O–H groups in total. The maximum Gasteiger partial charge on any atom is 0.0432 e. The standard InChI is InChI=1S/C18H18S2/c1-2-20-14-13-19-18(20)17(15-9-5-3-6-10-15)16-11-7-4-8-12-16/h3-12,14H,2,13H2,1H3. The van der Waals surface area contributed by atoms with E-state index in [2.05, 4.69) is 73.0 Å². The highest BCUT2D eigenvalue weighted by Crippen LogP contribution is 2.46. The second-order valence-corrected chi connectivity index (χ2v) is 8.06. The van der Waals surface area contributed by atoms with Gasteiger partial charge in [0.05, 0.1) is 0 Å². The molecule has 0 radical (unpaired) electrons. The van der Waals surface area contributed by atoms with Crippen LogP contribution in [-0.2, 0) is 0 Å². The van der Waals surface area contributed by atoms with Crippen molar-refractivity contribution < 1.29 is 0 Å². The average Bonchev–Trinajstić information content (AvgIpc) is 2.98. The van der Waals surface area contributed by atoms with E-state index < -0.39 is 0 Å². The highest BCUT2D eigenvalue weighted by Gasteiger charge is 2.17. The molecule has 3 rings (SSSR count). The molecule has 0 spiro atoms. The minimum atomic E-state index is 0.314. The number of hydrogen-bond acceptors (Lipinski definition) is 1. The van der Waals surface area contributed by atoms with Crippen LogP contribution in [0.2, 0.25) is 0 Å². The topological polar surface area (TPSA) is 0 Å². The molecule has 0 fully saturated rings. The molecule has 1 aliphatic rings. The second-order valence-electron chi connectivity index (χ2n) is 4.59. The summed E-state index contributed by atoms with van der Waals surface area (Å²) in [6.07, 6.45) is 0. The van der Waals surface area contributed by atoms with Crippen molar-refractivity contribution in [2.75, 3.05) is 11.5 Å². The first-order chi connectivity index (χ1) is 9.90. The Kier molecular flexibility index (Phi) is 4.44. The van der Waals surface area contributed by atoms with Crippen LogP contribution in [0.25, 0.3) is 5.57 Å². The lowest BCUT2D eigenvalue weighted by Crippen LogP contribution is -1.91. The Labute approximate surface area is 127 Å². The molecular weight excluding hydrogens is 280 g/mol. The normalized spacial score (nSPS) is 17.9. The van der Waals surface area contributed by atoms with Gasteiger partial charge in [0, 0.05) is 15.6 Å². The summed E-state index contributed by atoms with van der Waals surface area (Å²) in [4.78, 5) is 0. The molecule has 0 saturated heterocycles. The van der Waals surface area contributed by atoms with Gasteiger partial charge in [0.1, 0.15) is 0 Å². The molecule has 1 unspecified atom stereocenters. The lowest BCUT2D eigenvalue weighted by molar-refractivity contribution is 1.52. The quantitative estimate of drug-likeness (QED) is 0.698. The first kappa shape index (κ1) is 13.7. The molecule has 1 atom stereocenters. The van der Waals surface area contributed by atoms with Crippen molar-refractivity contribution >= 4 is 33.2 Å². The Balaban J connectivity index is 2.20. The van der Waals surface area contributed by atoms with Gasteiger partial charge >= 0.3 is 0 Å². The van der Waals surface area contributed by atoms with Crippen LogP contribution in [0, 0.1) is 0 Å². The van der Waals surface area contributed by atoms with Crippen molar-refractivity contribution in [3.63, 3.8) is 0 Å². The number of hydrogen-bond donors (Lipinski definition) is 0. The molecule has 2 aromatic rings. The molecule has 2 aromatic carbocycles. The Morgan fingerprint density at radius 1 is 0.950 bits per heavy atom. The zero-order valence-corrected chi connectivity index (χ0v) is 13.2.